The number of ketones is 1. The molecule has 0 N–H and O–H groups in total. The molecule has 1 heterocycles. The van der Waals surface area contributed by atoms with Crippen LogP contribution in [0.15, 0.2) is 53.4 Å². The highest BCUT2D eigenvalue weighted by molar-refractivity contribution is 7.89. The fourth-order valence-corrected chi connectivity index (χ4v) is 4.53. The van der Waals surface area contributed by atoms with Crippen molar-refractivity contribution in [2.24, 2.45) is 0 Å². The maximum Gasteiger partial charge on any atom is 0.253 e. The molecule has 1 fully saturated rings. The Morgan fingerprint density at radius 3 is 2.07 bits per heavy atom. The summed E-state index contributed by atoms with van der Waals surface area (Å²) in [5, 5.41) is 0. The molecule has 2 aromatic carbocycles. The second kappa shape index (κ2) is 7.62. The van der Waals surface area contributed by atoms with Crippen LogP contribution in [-0.2, 0) is 10.0 Å². The standard InChI is InChI=1S/C20H22N2O4S/c1-15-4-3-5-18(14-15)20(24)21-10-12-22(13-11-21)27(25,26)19-8-6-17(7-9-19)16(2)23/h3-9,14H,10-13H2,1-2H3. The Bertz CT molecular complexity index is 960. The van der Waals surface area contributed by atoms with Gasteiger partial charge in [-0.2, -0.15) is 4.31 Å². The van der Waals surface area contributed by atoms with Crippen LogP contribution in [0.3, 0.4) is 0 Å². The molecule has 0 unspecified atom stereocenters. The number of hydrogen-bond acceptors (Lipinski definition) is 4. The number of carbonyl (C=O) groups excluding carboxylic acids is 2. The van der Waals surface area contributed by atoms with Gasteiger partial charge in [-0.1, -0.05) is 29.8 Å². The number of aryl methyl sites for hydroxylation is 1. The van der Waals surface area contributed by atoms with Gasteiger partial charge in [0.1, 0.15) is 0 Å². The number of Topliss-reactive ketones (excluding diaryl/α,β-unsaturated/α-hetero) is 1. The van der Waals surface area contributed by atoms with Gasteiger partial charge in [0.25, 0.3) is 5.91 Å². The van der Waals surface area contributed by atoms with E-state index in [0.717, 1.165) is 5.56 Å². The van der Waals surface area contributed by atoms with Gasteiger partial charge in [0.15, 0.2) is 5.78 Å². The number of sulfonamides is 1. The predicted molar refractivity (Wildman–Crippen MR) is 102 cm³/mol. The van der Waals surface area contributed by atoms with Crippen LogP contribution in [0.1, 0.15) is 33.2 Å². The van der Waals surface area contributed by atoms with E-state index >= 15 is 0 Å². The fourth-order valence-electron chi connectivity index (χ4n) is 3.10. The van der Waals surface area contributed by atoms with Gasteiger partial charge in [0, 0.05) is 37.3 Å². The minimum Gasteiger partial charge on any atom is -0.336 e. The summed E-state index contributed by atoms with van der Waals surface area (Å²) in [4.78, 5) is 25.8. The van der Waals surface area contributed by atoms with Crippen LogP contribution in [0, 0.1) is 6.92 Å². The maximum atomic E-state index is 12.8. The lowest BCUT2D eigenvalue weighted by Crippen LogP contribution is -2.50. The quantitative estimate of drug-likeness (QED) is 0.756. The Morgan fingerprint density at radius 2 is 1.52 bits per heavy atom. The summed E-state index contributed by atoms with van der Waals surface area (Å²) >= 11 is 0. The Morgan fingerprint density at radius 1 is 0.889 bits per heavy atom. The molecule has 2 aromatic rings. The average Bonchev–Trinajstić information content (AvgIpc) is 2.67. The molecule has 0 radical (unpaired) electrons. The van der Waals surface area contributed by atoms with E-state index < -0.39 is 10.0 Å². The van der Waals surface area contributed by atoms with E-state index in [4.69, 9.17) is 0 Å². The predicted octanol–water partition coefficient (Wildman–Crippen LogP) is 2.34. The monoisotopic (exact) mass is 386 g/mol. The first kappa shape index (κ1) is 19.3. The maximum absolute atomic E-state index is 12.8. The van der Waals surface area contributed by atoms with Crippen molar-refractivity contribution in [2.75, 3.05) is 26.2 Å². The number of rotatable bonds is 4. The van der Waals surface area contributed by atoms with Crippen molar-refractivity contribution in [3.05, 3.63) is 65.2 Å². The van der Waals surface area contributed by atoms with Gasteiger partial charge in [-0.3, -0.25) is 9.59 Å². The first-order valence-corrected chi connectivity index (χ1v) is 10.2. The van der Waals surface area contributed by atoms with Crippen LogP contribution in [-0.4, -0.2) is 55.5 Å². The summed E-state index contributed by atoms with van der Waals surface area (Å²) in [7, 11) is -3.64. The second-order valence-electron chi connectivity index (χ2n) is 6.65. The Kier molecular flexibility index (Phi) is 5.43. The summed E-state index contributed by atoms with van der Waals surface area (Å²) in [6, 6.07) is 13.3. The number of nitrogens with zero attached hydrogens (tertiary/aromatic N) is 2. The number of hydrogen-bond donors (Lipinski definition) is 0. The molecule has 27 heavy (non-hydrogen) atoms. The molecule has 1 amide bonds. The van der Waals surface area contributed by atoms with Gasteiger partial charge >= 0.3 is 0 Å². The number of piperazine rings is 1. The highest BCUT2D eigenvalue weighted by Crippen LogP contribution is 2.19. The molecule has 6 nitrogen and oxygen atoms in total. The van der Waals surface area contributed by atoms with Crippen molar-refractivity contribution in [1.82, 2.24) is 9.21 Å². The molecule has 1 aliphatic rings. The SMILES string of the molecule is CC(=O)c1ccc(S(=O)(=O)N2CCN(C(=O)c3cccc(C)c3)CC2)cc1. The first-order chi connectivity index (χ1) is 12.8. The summed E-state index contributed by atoms with van der Waals surface area (Å²) in [6.07, 6.45) is 0. The lowest BCUT2D eigenvalue weighted by atomic mass is 10.1. The summed E-state index contributed by atoms with van der Waals surface area (Å²) in [5.74, 6) is -0.191. The molecule has 3 rings (SSSR count). The van der Waals surface area contributed by atoms with Crippen molar-refractivity contribution in [2.45, 2.75) is 18.7 Å². The van der Waals surface area contributed by atoms with E-state index in [2.05, 4.69) is 0 Å². The van der Waals surface area contributed by atoms with E-state index in [1.54, 1.807) is 11.0 Å². The minimum atomic E-state index is -3.64. The third kappa shape index (κ3) is 4.09. The first-order valence-electron chi connectivity index (χ1n) is 8.76. The fraction of sp³-hybridized carbons (Fsp3) is 0.300. The van der Waals surface area contributed by atoms with Gasteiger partial charge < -0.3 is 4.90 Å². The zero-order valence-electron chi connectivity index (χ0n) is 15.4. The zero-order chi connectivity index (χ0) is 19.6. The molecular weight excluding hydrogens is 364 g/mol. The van der Waals surface area contributed by atoms with E-state index in [1.165, 1.54) is 35.5 Å². The molecule has 0 aliphatic carbocycles. The van der Waals surface area contributed by atoms with Crippen LogP contribution >= 0.6 is 0 Å². The van der Waals surface area contributed by atoms with Crippen molar-refractivity contribution in [1.29, 1.82) is 0 Å². The van der Waals surface area contributed by atoms with Gasteiger partial charge in [0.05, 0.1) is 4.90 Å². The van der Waals surface area contributed by atoms with Crippen LogP contribution in [0.5, 0.6) is 0 Å². The molecule has 7 heteroatoms. The highest BCUT2D eigenvalue weighted by atomic mass is 32.2. The van der Waals surface area contributed by atoms with Crippen LogP contribution in [0.25, 0.3) is 0 Å². The second-order valence-corrected chi connectivity index (χ2v) is 8.58. The third-order valence-corrected chi connectivity index (χ3v) is 6.60. The molecule has 0 aromatic heterocycles. The van der Waals surface area contributed by atoms with Crippen LogP contribution in [0.4, 0.5) is 0 Å². The normalized spacial score (nSPS) is 15.6. The van der Waals surface area contributed by atoms with Gasteiger partial charge in [-0.15, -0.1) is 0 Å². The van der Waals surface area contributed by atoms with Crippen molar-refractivity contribution in [3.63, 3.8) is 0 Å². The van der Waals surface area contributed by atoms with Crippen molar-refractivity contribution < 1.29 is 18.0 Å². The summed E-state index contributed by atoms with van der Waals surface area (Å²) in [6.45, 7) is 4.55. The lowest BCUT2D eigenvalue weighted by molar-refractivity contribution is 0.0697. The molecular formula is C20H22N2O4S. The lowest BCUT2D eigenvalue weighted by Gasteiger charge is -2.34. The van der Waals surface area contributed by atoms with Gasteiger partial charge in [0.2, 0.25) is 10.0 Å². The van der Waals surface area contributed by atoms with E-state index in [9.17, 15) is 18.0 Å². The Balaban J connectivity index is 1.69. The summed E-state index contributed by atoms with van der Waals surface area (Å²) < 4.78 is 27.0. The Hall–Kier alpha value is -2.51. The average molecular weight is 386 g/mol. The van der Waals surface area contributed by atoms with Crippen molar-refractivity contribution >= 4 is 21.7 Å². The molecule has 142 valence electrons. The van der Waals surface area contributed by atoms with Gasteiger partial charge in [-0.25, -0.2) is 8.42 Å². The van der Waals surface area contributed by atoms with Gasteiger partial charge in [-0.05, 0) is 38.1 Å². The molecule has 0 spiro atoms. The third-order valence-electron chi connectivity index (χ3n) is 4.69. The molecule has 1 saturated heterocycles. The molecule has 0 saturated carbocycles. The zero-order valence-corrected chi connectivity index (χ0v) is 16.2. The van der Waals surface area contributed by atoms with Crippen molar-refractivity contribution in [3.8, 4) is 0 Å². The molecule has 0 atom stereocenters. The van der Waals surface area contributed by atoms with E-state index in [0.29, 0.717) is 24.2 Å². The topological polar surface area (TPSA) is 74.8 Å². The summed E-state index contributed by atoms with van der Waals surface area (Å²) in [5.41, 5.74) is 2.10. The molecule has 1 aliphatic heterocycles. The van der Waals surface area contributed by atoms with E-state index in [1.807, 2.05) is 25.1 Å². The molecule has 0 bridgehead atoms. The van der Waals surface area contributed by atoms with E-state index in [-0.39, 0.29) is 29.7 Å². The minimum absolute atomic E-state index is 0.0819. The van der Waals surface area contributed by atoms with Crippen LogP contribution in [0.2, 0.25) is 0 Å². The van der Waals surface area contributed by atoms with Crippen LogP contribution < -0.4 is 0 Å². The number of benzene rings is 2. The number of amides is 1. The Labute approximate surface area is 159 Å². The smallest absolute Gasteiger partial charge is 0.253 e. The highest BCUT2D eigenvalue weighted by Gasteiger charge is 2.30. The largest absolute Gasteiger partial charge is 0.336 e. The number of carbonyl (C=O) groups is 2.